The van der Waals surface area contributed by atoms with Crippen molar-refractivity contribution < 1.29 is 18.9 Å². The highest BCUT2D eigenvalue weighted by Crippen LogP contribution is 2.38. The van der Waals surface area contributed by atoms with E-state index in [0.29, 0.717) is 22.2 Å². The van der Waals surface area contributed by atoms with E-state index >= 15 is 0 Å². The number of hydrogen-bond acceptors (Lipinski definition) is 5. The van der Waals surface area contributed by atoms with E-state index in [4.69, 9.17) is 16.1 Å². The largest absolute Gasteiger partial charge is 0.360 e. The maximum absolute atomic E-state index is 13.3. The molecular formula is C23H29ClN4O4. The van der Waals surface area contributed by atoms with Gasteiger partial charge in [0, 0.05) is 41.1 Å². The number of nitrogens with one attached hydrogen (secondary N) is 2. The highest BCUT2D eigenvalue weighted by atomic mass is 35.5. The number of benzene rings is 1. The maximum atomic E-state index is 13.3. The van der Waals surface area contributed by atoms with E-state index in [1.165, 1.54) is 0 Å². The van der Waals surface area contributed by atoms with Crippen LogP contribution in [0.5, 0.6) is 0 Å². The van der Waals surface area contributed by atoms with Gasteiger partial charge < -0.3 is 20.1 Å². The fourth-order valence-corrected chi connectivity index (χ4v) is 3.68. The Morgan fingerprint density at radius 3 is 2.47 bits per heavy atom. The Balaban J connectivity index is 1.78. The molecule has 0 spiro atoms. The van der Waals surface area contributed by atoms with Crippen LogP contribution in [0.25, 0.3) is 0 Å². The molecule has 8 nitrogen and oxygen atoms in total. The second-order valence-electron chi connectivity index (χ2n) is 9.07. The minimum Gasteiger partial charge on any atom is -0.360 e. The van der Waals surface area contributed by atoms with Crippen molar-refractivity contribution in [1.29, 1.82) is 0 Å². The molecule has 2 N–H and O–H groups in total. The lowest BCUT2D eigenvalue weighted by molar-refractivity contribution is -0.142. The summed E-state index contributed by atoms with van der Waals surface area (Å²) in [6, 6.07) is 7.71. The van der Waals surface area contributed by atoms with Crippen LogP contribution < -0.4 is 10.6 Å². The molecule has 1 aliphatic carbocycles. The van der Waals surface area contributed by atoms with Crippen molar-refractivity contribution >= 4 is 35.1 Å². The van der Waals surface area contributed by atoms with Crippen molar-refractivity contribution in [3.8, 4) is 0 Å². The molecular weight excluding hydrogens is 432 g/mol. The fourth-order valence-electron chi connectivity index (χ4n) is 3.44. The molecule has 32 heavy (non-hydrogen) atoms. The van der Waals surface area contributed by atoms with Gasteiger partial charge >= 0.3 is 0 Å². The molecule has 172 valence electrons. The van der Waals surface area contributed by atoms with Crippen molar-refractivity contribution in [2.75, 3.05) is 5.32 Å². The van der Waals surface area contributed by atoms with Gasteiger partial charge in [-0.2, -0.15) is 0 Å². The fraction of sp³-hybridized carbons (Fsp3) is 0.478. The summed E-state index contributed by atoms with van der Waals surface area (Å²) in [5.41, 5.74) is 0.0866. The molecule has 0 saturated heterocycles. The molecule has 1 heterocycles. The number of hydrogen-bond donors (Lipinski definition) is 2. The first-order valence-corrected chi connectivity index (χ1v) is 11.0. The average molecular weight is 461 g/mol. The summed E-state index contributed by atoms with van der Waals surface area (Å²) < 4.78 is 4.93. The van der Waals surface area contributed by atoms with Gasteiger partial charge in [-0.15, -0.1) is 0 Å². The van der Waals surface area contributed by atoms with Crippen LogP contribution >= 0.6 is 11.6 Å². The summed E-state index contributed by atoms with van der Waals surface area (Å²) in [6.07, 6.45) is 1.53. The lowest BCUT2D eigenvalue weighted by Gasteiger charge is -2.34. The molecule has 3 amide bonds. The second-order valence-corrected chi connectivity index (χ2v) is 9.47. The van der Waals surface area contributed by atoms with E-state index in [1.807, 2.05) is 20.8 Å². The quantitative estimate of drug-likeness (QED) is 0.619. The summed E-state index contributed by atoms with van der Waals surface area (Å²) in [5.74, 6) is -0.0432. The SMILES string of the molecule is Cc1cc(NC(=O)CCC(=O)N(C2CC2)[C@@H](C(=O)NC(C)(C)C)c2ccccc2Cl)no1. The number of anilines is 1. The first-order valence-electron chi connectivity index (χ1n) is 10.7. The van der Waals surface area contributed by atoms with Crippen LogP contribution in [-0.2, 0) is 14.4 Å². The van der Waals surface area contributed by atoms with Gasteiger partial charge in [0.15, 0.2) is 5.82 Å². The lowest BCUT2D eigenvalue weighted by atomic mass is 10.0. The highest BCUT2D eigenvalue weighted by Gasteiger charge is 2.42. The molecule has 3 rings (SSSR count). The number of carbonyl (C=O) groups is 3. The topological polar surface area (TPSA) is 105 Å². The number of halogens is 1. The van der Waals surface area contributed by atoms with Gasteiger partial charge in [-0.25, -0.2) is 0 Å². The first-order chi connectivity index (χ1) is 15.0. The predicted octanol–water partition coefficient (Wildman–Crippen LogP) is 4.00. The predicted molar refractivity (Wildman–Crippen MR) is 121 cm³/mol. The zero-order valence-electron chi connectivity index (χ0n) is 18.8. The Hall–Kier alpha value is -2.87. The first kappa shape index (κ1) is 23.8. The van der Waals surface area contributed by atoms with Crippen molar-refractivity contribution in [3.63, 3.8) is 0 Å². The zero-order valence-corrected chi connectivity index (χ0v) is 19.5. The minimum absolute atomic E-state index is 0.0376. The van der Waals surface area contributed by atoms with E-state index < -0.39 is 11.6 Å². The van der Waals surface area contributed by atoms with Gasteiger partial charge in [-0.1, -0.05) is 35.0 Å². The molecule has 0 unspecified atom stereocenters. The number of amides is 3. The Kier molecular flexibility index (Phi) is 7.23. The zero-order chi connectivity index (χ0) is 23.5. The van der Waals surface area contributed by atoms with Crippen molar-refractivity contribution in [3.05, 3.63) is 46.7 Å². The second kappa shape index (κ2) is 9.73. The standard InChI is InChI=1S/C23H29ClN4O4/c1-14-13-18(27-32-14)25-19(29)11-12-20(30)28(15-9-10-15)21(22(31)26-23(2,3)4)16-7-5-6-8-17(16)24/h5-8,13,15,21H,9-12H2,1-4H3,(H,26,31)(H,25,27,29)/t21-/m1/s1. The van der Waals surface area contributed by atoms with Crippen LogP contribution in [0.4, 0.5) is 5.82 Å². The number of rotatable bonds is 8. The molecule has 2 aromatic rings. The number of carbonyl (C=O) groups excluding carboxylic acids is 3. The lowest BCUT2D eigenvalue weighted by Crippen LogP contribution is -2.50. The van der Waals surface area contributed by atoms with E-state index in [2.05, 4.69) is 15.8 Å². The van der Waals surface area contributed by atoms with E-state index in [-0.39, 0.29) is 36.6 Å². The van der Waals surface area contributed by atoms with Crippen LogP contribution in [0.1, 0.15) is 63.8 Å². The van der Waals surface area contributed by atoms with Crippen LogP contribution in [0.2, 0.25) is 5.02 Å². The van der Waals surface area contributed by atoms with Gasteiger partial charge in [-0.3, -0.25) is 14.4 Å². The van der Waals surface area contributed by atoms with Crippen LogP contribution in [0.15, 0.2) is 34.9 Å². The van der Waals surface area contributed by atoms with Crippen LogP contribution in [-0.4, -0.2) is 39.4 Å². The molecule has 1 aliphatic rings. The van der Waals surface area contributed by atoms with Crippen molar-refractivity contribution in [1.82, 2.24) is 15.4 Å². The molecule has 0 aliphatic heterocycles. The average Bonchev–Trinajstić information content (AvgIpc) is 3.45. The third kappa shape index (κ3) is 6.32. The van der Waals surface area contributed by atoms with Gasteiger partial charge in [0.2, 0.25) is 17.7 Å². The number of aromatic nitrogens is 1. The minimum atomic E-state index is -0.871. The van der Waals surface area contributed by atoms with Crippen molar-refractivity contribution in [2.45, 2.75) is 71.0 Å². The Labute approximate surface area is 192 Å². The highest BCUT2D eigenvalue weighted by molar-refractivity contribution is 6.31. The molecule has 9 heteroatoms. The van der Waals surface area contributed by atoms with Gasteiger partial charge in [0.1, 0.15) is 11.8 Å². The summed E-state index contributed by atoms with van der Waals surface area (Å²) in [5, 5.41) is 9.72. The van der Waals surface area contributed by atoms with E-state index in [0.717, 1.165) is 12.8 Å². The third-order valence-electron chi connectivity index (χ3n) is 4.91. The monoisotopic (exact) mass is 460 g/mol. The molecule has 1 fully saturated rings. The Morgan fingerprint density at radius 1 is 1.22 bits per heavy atom. The van der Waals surface area contributed by atoms with E-state index in [1.54, 1.807) is 42.2 Å². The van der Waals surface area contributed by atoms with Gasteiger partial charge in [0.25, 0.3) is 0 Å². The Bertz CT molecular complexity index is 994. The third-order valence-corrected chi connectivity index (χ3v) is 5.26. The summed E-state index contributed by atoms with van der Waals surface area (Å²) in [6.45, 7) is 7.37. The molecule has 0 radical (unpaired) electrons. The normalized spacial score (nSPS) is 14.5. The van der Waals surface area contributed by atoms with Gasteiger partial charge in [0.05, 0.1) is 0 Å². The van der Waals surface area contributed by atoms with Crippen LogP contribution in [0, 0.1) is 6.92 Å². The molecule has 1 atom stereocenters. The van der Waals surface area contributed by atoms with Crippen LogP contribution in [0.3, 0.4) is 0 Å². The Morgan fingerprint density at radius 2 is 1.91 bits per heavy atom. The molecule has 1 aromatic heterocycles. The molecule has 1 saturated carbocycles. The number of aryl methyl sites for hydroxylation is 1. The number of nitrogens with zero attached hydrogens (tertiary/aromatic N) is 2. The van der Waals surface area contributed by atoms with Gasteiger partial charge in [-0.05, 0) is 46.6 Å². The summed E-state index contributed by atoms with van der Waals surface area (Å²) in [4.78, 5) is 40.5. The van der Waals surface area contributed by atoms with E-state index in [9.17, 15) is 14.4 Å². The van der Waals surface area contributed by atoms with Crippen molar-refractivity contribution in [2.24, 2.45) is 0 Å². The maximum Gasteiger partial charge on any atom is 0.247 e. The smallest absolute Gasteiger partial charge is 0.247 e. The summed E-state index contributed by atoms with van der Waals surface area (Å²) >= 11 is 6.43. The molecule has 0 bridgehead atoms. The molecule has 1 aromatic carbocycles. The summed E-state index contributed by atoms with van der Waals surface area (Å²) in [7, 11) is 0.